The Hall–Kier alpha value is -2.77. The summed E-state index contributed by atoms with van der Waals surface area (Å²) in [5.41, 5.74) is 2.17. The van der Waals surface area contributed by atoms with Crippen LogP contribution in [-0.2, 0) is 11.2 Å². The first-order valence-corrected chi connectivity index (χ1v) is 8.99. The van der Waals surface area contributed by atoms with Gasteiger partial charge >= 0.3 is 0 Å². The molecular formula is C20H23N3O4. The van der Waals surface area contributed by atoms with Crippen LogP contribution in [0.15, 0.2) is 42.5 Å². The first-order valence-electron chi connectivity index (χ1n) is 8.99. The molecule has 1 amide bonds. The fraction of sp³-hybridized carbons (Fsp3) is 0.350. The second-order valence-corrected chi connectivity index (χ2v) is 6.58. The number of carbonyl (C=O) groups is 1. The highest BCUT2D eigenvalue weighted by molar-refractivity contribution is 6.07. The lowest BCUT2D eigenvalue weighted by molar-refractivity contribution is -0.385. The van der Waals surface area contributed by atoms with Crippen LogP contribution < -0.4 is 5.32 Å². The molecule has 142 valence electrons. The molecule has 2 aromatic carbocycles. The number of hydrogen-bond donors (Lipinski definition) is 1. The van der Waals surface area contributed by atoms with Crippen molar-refractivity contribution in [2.24, 2.45) is 0 Å². The van der Waals surface area contributed by atoms with E-state index in [1.54, 1.807) is 19.1 Å². The van der Waals surface area contributed by atoms with E-state index in [0.29, 0.717) is 11.3 Å². The Kier molecular flexibility index (Phi) is 6.16. The Morgan fingerprint density at radius 2 is 1.89 bits per heavy atom. The Balaban J connectivity index is 1.62. The summed E-state index contributed by atoms with van der Waals surface area (Å²) in [6, 6.07) is 12.3. The summed E-state index contributed by atoms with van der Waals surface area (Å²) in [6.45, 7) is 6.10. The molecule has 3 rings (SSSR count). The average molecular weight is 369 g/mol. The number of nitro benzene ring substituents is 1. The maximum atomic E-state index is 12.5. The van der Waals surface area contributed by atoms with Gasteiger partial charge in [-0.1, -0.05) is 24.3 Å². The lowest BCUT2D eigenvalue weighted by atomic mass is 10.1. The van der Waals surface area contributed by atoms with Crippen molar-refractivity contribution in [3.8, 4) is 0 Å². The van der Waals surface area contributed by atoms with E-state index in [1.165, 1.54) is 11.6 Å². The fourth-order valence-electron chi connectivity index (χ4n) is 3.15. The van der Waals surface area contributed by atoms with Gasteiger partial charge in [-0.3, -0.25) is 19.8 Å². The van der Waals surface area contributed by atoms with Crippen LogP contribution in [-0.4, -0.2) is 48.6 Å². The number of morpholine rings is 1. The van der Waals surface area contributed by atoms with Gasteiger partial charge in [0.15, 0.2) is 0 Å². The number of aryl methyl sites for hydroxylation is 1. The van der Waals surface area contributed by atoms with Gasteiger partial charge in [-0.25, -0.2) is 0 Å². The number of carbonyl (C=O) groups excluding carboxylic acids is 1. The zero-order chi connectivity index (χ0) is 19.2. The van der Waals surface area contributed by atoms with E-state index in [1.807, 2.05) is 24.3 Å². The second-order valence-electron chi connectivity index (χ2n) is 6.58. The van der Waals surface area contributed by atoms with E-state index in [-0.39, 0.29) is 11.3 Å². The van der Waals surface area contributed by atoms with Gasteiger partial charge < -0.3 is 10.1 Å². The standard InChI is InChI=1S/C20H23N3O4/c1-15-3-2-4-18(19(15)23(25)26)20(24)21-17-7-5-16(6-8-17)9-10-22-11-13-27-14-12-22/h2-8H,9-14H2,1H3,(H,21,24). The Labute approximate surface area is 158 Å². The van der Waals surface area contributed by atoms with Crippen molar-refractivity contribution in [3.63, 3.8) is 0 Å². The molecule has 1 heterocycles. The molecule has 27 heavy (non-hydrogen) atoms. The van der Waals surface area contributed by atoms with Crippen molar-refractivity contribution in [2.45, 2.75) is 13.3 Å². The Morgan fingerprint density at radius 3 is 2.56 bits per heavy atom. The van der Waals surface area contributed by atoms with E-state index < -0.39 is 10.8 Å². The van der Waals surface area contributed by atoms with Gasteiger partial charge in [0.05, 0.1) is 18.1 Å². The van der Waals surface area contributed by atoms with Crippen LogP contribution in [0.3, 0.4) is 0 Å². The summed E-state index contributed by atoms with van der Waals surface area (Å²) in [7, 11) is 0. The molecule has 1 saturated heterocycles. The molecule has 1 aliphatic heterocycles. The van der Waals surface area contributed by atoms with E-state index in [2.05, 4.69) is 10.2 Å². The topological polar surface area (TPSA) is 84.7 Å². The maximum absolute atomic E-state index is 12.5. The van der Waals surface area contributed by atoms with E-state index in [0.717, 1.165) is 39.3 Å². The van der Waals surface area contributed by atoms with Gasteiger partial charge in [0.25, 0.3) is 11.6 Å². The number of nitrogens with one attached hydrogen (secondary N) is 1. The summed E-state index contributed by atoms with van der Waals surface area (Å²) in [5, 5.41) is 14.0. The maximum Gasteiger partial charge on any atom is 0.285 e. The van der Waals surface area contributed by atoms with Crippen LogP contribution >= 0.6 is 0 Å². The third-order valence-corrected chi connectivity index (χ3v) is 4.70. The Bertz CT molecular complexity index is 814. The van der Waals surface area contributed by atoms with Gasteiger partial charge in [0.2, 0.25) is 0 Å². The SMILES string of the molecule is Cc1cccc(C(=O)Nc2ccc(CCN3CCOCC3)cc2)c1[N+](=O)[O-]. The second kappa shape index (κ2) is 8.75. The molecule has 1 fully saturated rings. The quantitative estimate of drug-likeness (QED) is 0.625. The summed E-state index contributed by atoms with van der Waals surface area (Å²) >= 11 is 0. The lowest BCUT2D eigenvalue weighted by Gasteiger charge is -2.26. The number of nitrogens with zero attached hydrogens (tertiary/aromatic N) is 2. The van der Waals surface area contributed by atoms with E-state index in [9.17, 15) is 14.9 Å². The number of amides is 1. The van der Waals surface area contributed by atoms with Crippen LogP contribution in [0.25, 0.3) is 0 Å². The molecule has 1 aliphatic rings. The normalized spacial score (nSPS) is 14.7. The van der Waals surface area contributed by atoms with Crippen LogP contribution in [0.1, 0.15) is 21.5 Å². The van der Waals surface area contributed by atoms with Gasteiger partial charge in [-0.2, -0.15) is 0 Å². The number of benzene rings is 2. The van der Waals surface area contributed by atoms with E-state index >= 15 is 0 Å². The van der Waals surface area contributed by atoms with Gasteiger partial charge in [0, 0.05) is 30.9 Å². The molecule has 0 bridgehead atoms. The molecule has 7 heteroatoms. The summed E-state index contributed by atoms with van der Waals surface area (Å²) < 4.78 is 5.35. The molecule has 0 radical (unpaired) electrons. The van der Waals surface area contributed by atoms with Crippen LogP contribution in [0.4, 0.5) is 11.4 Å². The molecule has 0 atom stereocenters. The van der Waals surface area contributed by atoms with Crippen molar-refractivity contribution in [2.75, 3.05) is 38.2 Å². The third kappa shape index (κ3) is 4.90. The highest BCUT2D eigenvalue weighted by atomic mass is 16.6. The minimum absolute atomic E-state index is 0.0661. The summed E-state index contributed by atoms with van der Waals surface area (Å²) in [6.07, 6.45) is 0.928. The first-order chi connectivity index (χ1) is 13.0. The van der Waals surface area contributed by atoms with Crippen LogP contribution in [0.5, 0.6) is 0 Å². The predicted octanol–water partition coefficient (Wildman–Crippen LogP) is 3.03. The number of nitro groups is 1. The number of anilines is 1. The number of para-hydroxylation sites is 1. The van der Waals surface area contributed by atoms with Gasteiger partial charge in [-0.05, 0) is 37.1 Å². The highest BCUT2D eigenvalue weighted by Crippen LogP contribution is 2.24. The highest BCUT2D eigenvalue weighted by Gasteiger charge is 2.22. The van der Waals surface area contributed by atoms with E-state index in [4.69, 9.17) is 4.74 Å². The van der Waals surface area contributed by atoms with Crippen LogP contribution in [0, 0.1) is 17.0 Å². The Morgan fingerprint density at radius 1 is 1.19 bits per heavy atom. The van der Waals surface area contributed by atoms with Crippen molar-refractivity contribution in [1.82, 2.24) is 4.90 Å². The summed E-state index contributed by atoms with van der Waals surface area (Å²) in [4.78, 5) is 25.6. The number of hydrogen-bond acceptors (Lipinski definition) is 5. The van der Waals surface area contributed by atoms with Crippen molar-refractivity contribution in [1.29, 1.82) is 0 Å². The van der Waals surface area contributed by atoms with Gasteiger partial charge in [-0.15, -0.1) is 0 Å². The molecule has 0 unspecified atom stereocenters. The number of rotatable bonds is 6. The molecule has 0 saturated carbocycles. The first kappa shape index (κ1) is 19.0. The predicted molar refractivity (Wildman–Crippen MR) is 103 cm³/mol. The van der Waals surface area contributed by atoms with Crippen molar-refractivity contribution < 1.29 is 14.5 Å². The van der Waals surface area contributed by atoms with Crippen LogP contribution in [0.2, 0.25) is 0 Å². The molecular weight excluding hydrogens is 346 g/mol. The molecule has 0 aliphatic carbocycles. The molecule has 0 aromatic heterocycles. The lowest BCUT2D eigenvalue weighted by Crippen LogP contribution is -2.37. The average Bonchev–Trinajstić information content (AvgIpc) is 2.67. The van der Waals surface area contributed by atoms with Crippen molar-refractivity contribution in [3.05, 3.63) is 69.3 Å². The summed E-state index contributed by atoms with van der Waals surface area (Å²) in [5.74, 6) is -0.480. The smallest absolute Gasteiger partial charge is 0.285 e. The van der Waals surface area contributed by atoms with Gasteiger partial charge in [0.1, 0.15) is 5.56 Å². The minimum atomic E-state index is -0.515. The molecule has 7 nitrogen and oxygen atoms in total. The fourth-order valence-corrected chi connectivity index (χ4v) is 3.15. The largest absolute Gasteiger partial charge is 0.379 e. The van der Waals surface area contributed by atoms with Crippen molar-refractivity contribution >= 4 is 17.3 Å². The monoisotopic (exact) mass is 369 g/mol. The minimum Gasteiger partial charge on any atom is -0.379 e. The zero-order valence-electron chi connectivity index (χ0n) is 15.3. The molecule has 2 aromatic rings. The number of ether oxygens (including phenoxy) is 1. The molecule has 1 N–H and O–H groups in total. The molecule has 0 spiro atoms. The zero-order valence-corrected chi connectivity index (χ0v) is 15.3. The third-order valence-electron chi connectivity index (χ3n) is 4.70.